The SMILES string of the molecule is CCOC(=O)C1=C(N)O[C@@]23OC(c4ccccc4)=C(C#N)[C@@]12c1cccc2cccc3c12. The highest BCUT2D eigenvalue weighted by Gasteiger charge is 2.77. The molecule has 3 aromatic rings. The van der Waals surface area contributed by atoms with Crippen molar-refractivity contribution in [1.82, 2.24) is 0 Å². The summed E-state index contributed by atoms with van der Waals surface area (Å²) in [6.07, 6.45) is 0. The first kappa shape index (κ1) is 18.5. The summed E-state index contributed by atoms with van der Waals surface area (Å²) >= 11 is 0. The number of rotatable bonds is 3. The number of nitriles is 1. The van der Waals surface area contributed by atoms with Crippen molar-refractivity contribution < 1.29 is 19.0 Å². The van der Waals surface area contributed by atoms with Gasteiger partial charge in [0.15, 0.2) is 5.41 Å². The van der Waals surface area contributed by atoms with Crippen molar-refractivity contribution in [3.63, 3.8) is 0 Å². The van der Waals surface area contributed by atoms with Crippen LogP contribution in [0.1, 0.15) is 23.6 Å². The first-order valence-corrected chi connectivity index (χ1v) is 10.4. The van der Waals surface area contributed by atoms with Gasteiger partial charge in [0.05, 0.1) is 12.2 Å². The molecule has 32 heavy (non-hydrogen) atoms. The molecule has 0 radical (unpaired) electrons. The Hall–Kier alpha value is -4.24. The molecule has 6 rings (SSSR count). The first-order valence-electron chi connectivity index (χ1n) is 10.4. The number of hydrogen-bond donors (Lipinski definition) is 1. The maximum Gasteiger partial charge on any atom is 0.341 e. The van der Waals surface area contributed by atoms with E-state index in [1.54, 1.807) is 6.92 Å². The van der Waals surface area contributed by atoms with Crippen molar-refractivity contribution in [3.8, 4) is 6.07 Å². The highest BCUT2D eigenvalue weighted by Crippen LogP contribution is 2.71. The van der Waals surface area contributed by atoms with Crippen LogP contribution in [0.15, 0.2) is 83.8 Å². The lowest BCUT2D eigenvalue weighted by Gasteiger charge is -2.34. The summed E-state index contributed by atoms with van der Waals surface area (Å²) in [5.41, 5.74) is 7.51. The monoisotopic (exact) mass is 422 g/mol. The number of nitrogens with two attached hydrogens (primary N) is 1. The van der Waals surface area contributed by atoms with Crippen LogP contribution >= 0.6 is 0 Å². The summed E-state index contributed by atoms with van der Waals surface area (Å²) in [5.74, 6) is -1.84. The van der Waals surface area contributed by atoms with Gasteiger partial charge in [-0.1, -0.05) is 66.7 Å². The van der Waals surface area contributed by atoms with E-state index in [0.717, 1.165) is 21.9 Å². The average molecular weight is 422 g/mol. The summed E-state index contributed by atoms with van der Waals surface area (Å²) in [6, 6.07) is 23.3. The standard InChI is InChI=1S/C26H18N2O4/c1-2-30-24(29)21-23(28)32-26-18-13-7-11-15-10-6-12-17(20(15)18)25(21,26)19(14-27)22(31-26)16-8-4-3-5-9-16/h3-13H,2,28H2,1H3/t25-,26+/m0/s1. The Bertz CT molecular complexity index is 1430. The predicted molar refractivity (Wildman–Crippen MR) is 116 cm³/mol. The Morgan fingerprint density at radius 1 is 1.03 bits per heavy atom. The van der Waals surface area contributed by atoms with Crippen LogP contribution in [0.2, 0.25) is 0 Å². The van der Waals surface area contributed by atoms with E-state index in [0.29, 0.717) is 11.3 Å². The summed E-state index contributed by atoms with van der Waals surface area (Å²) < 4.78 is 18.2. The molecule has 3 aliphatic rings. The number of nitrogens with zero attached hydrogens (tertiary/aromatic N) is 1. The number of carbonyl (C=O) groups is 1. The highest BCUT2D eigenvalue weighted by atomic mass is 16.7. The van der Waals surface area contributed by atoms with Crippen molar-refractivity contribution in [1.29, 1.82) is 5.26 Å². The van der Waals surface area contributed by atoms with Crippen LogP contribution in [-0.2, 0) is 30.2 Å². The molecule has 0 saturated heterocycles. The third kappa shape index (κ3) is 1.88. The zero-order valence-electron chi connectivity index (χ0n) is 17.2. The third-order valence-corrected chi connectivity index (χ3v) is 6.51. The van der Waals surface area contributed by atoms with Crippen molar-refractivity contribution in [2.24, 2.45) is 5.73 Å². The van der Waals surface area contributed by atoms with E-state index >= 15 is 0 Å². The largest absolute Gasteiger partial charge is 0.462 e. The molecule has 0 fully saturated rings. The number of esters is 1. The van der Waals surface area contributed by atoms with Crippen LogP contribution in [0, 0.1) is 11.3 Å². The van der Waals surface area contributed by atoms with Crippen LogP contribution < -0.4 is 5.73 Å². The minimum absolute atomic E-state index is 0.0881. The van der Waals surface area contributed by atoms with Gasteiger partial charge in [-0.25, -0.2) is 4.79 Å². The second-order valence-electron chi connectivity index (χ2n) is 7.92. The van der Waals surface area contributed by atoms with Gasteiger partial charge in [-0.05, 0) is 23.3 Å². The number of ether oxygens (including phenoxy) is 3. The Labute approximate surface area is 184 Å². The topological polar surface area (TPSA) is 94.6 Å². The first-order chi connectivity index (χ1) is 15.6. The average Bonchev–Trinajstić information content (AvgIpc) is 3.32. The lowest BCUT2D eigenvalue weighted by atomic mass is 9.67. The van der Waals surface area contributed by atoms with Gasteiger partial charge in [-0.15, -0.1) is 0 Å². The zero-order chi connectivity index (χ0) is 22.1. The van der Waals surface area contributed by atoms with Gasteiger partial charge in [0.1, 0.15) is 17.4 Å². The molecular weight excluding hydrogens is 404 g/mol. The van der Waals surface area contributed by atoms with Crippen LogP contribution in [0.5, 0.6) is 0 Å². The second-order valence-corrected chi connectivity index (χ2v) is 7.92. The van der Waals surface area contributed by atoms with Gasteiger partial charge >= 0.3 is 5.97 Å². The second kappa shape index (κ2) is 6.14. The molecule has 2 heterocycles. The summed E-state index contributed by atoms with van der Waals surface area (Å²) in [6.45, 7) is 1.88. The maximum absolute atomic E-state index is 13.3. The minimum Gasteiger partial charge on any atom is -0.462 e. The molecule has 2 N–H and O–H groups in total. The normalized spacial score (nSPS) is 24.6. The Balaban J connectivity index is 1.78. The highest BCUT2D eigenvalue weighted by molar-refractivity contribution is 6.05. The minimum atomic E-state index is -1.50. The lowest BCUT2D eigenvalue weighted by Crippen LogP contribution is -2.45. The Morgan fingerprint density at radius 2 is 1.75 bits per heavy atom. The van der Waals surface area contributed by atoms with E-state index < -0.39 is 17.2 Å². The zero-order valence-corrected chi connectivity index (χ0v) is 17.2. The number of benzene rings is 3. The molecule has 2 aliphatic heterocycles. The molecule has 3 aromatic carbocycles. The van der Waals surface area contributed by atoms with Gasteiger partial charge < -0.3 is 19.9 Å². The quantitative estimate of drug-likeness (QED) is 0.642. The molecule has 2 atom stereocenters. The van der Waals surface area contributed by atoms with E-state index in [9.17, 15) is 10.1 Å². The third-order valence-electron chi connectivity index (χ3n) is 6.51. The van der Waals surface area contributed by atoms with Gasteiger partial charge in [0.2, 0.25) is 5.88 Å². The van der Waals surface area contributed by atoms with E-state index in [2.05, 4.69) is 6.07 Å². The molecule has 0 spiro atoms. The van der Waals surface area contributed by atoms with Crippen molar-refractivity contribution in [2.75, 3.05) is 6.61 Å². The van der Waals surface area contributed by atoms with Crippen LogP contribution in [-0.4, -0.2) is 12.6 Å². The fraction of sp³-hybridized carbons (Fsp3) is 0.154. The molecule has 0 bridgehead atoms. The summed E-state index contributed by atoms with van der Waals surface area (Å²) in [7, 11) is 0. The van der Waals surface area contributed by atoms with Crippen LogP contribution in [0.25, 0.3) is 16.5 Å². The Kier molecular flexibility index (Phi) is 3.56. The molecule has 1 aliphatic carbocycles. The van der Waals surface area contributed by atoms with E-state index in [1.807, 2.05) is 66.7 Å². The van der Waals surface area contributed by atoms with Gasteiger partial charge in [-0.3, -0.25) is 0 Å². The van der Waals surface area contributed by atoms with Gasteiger partial charge in [0.25, 0.3) is 5.79 Å². The number of hydrogen-bond acceptors (Lipinski definition) is 6. The smallest absolute Gasteiger partial charge is 0.341 e. The fourth-order valence-electron chi connectivity index (χ4n) is 5.45. The molecule has 0 unspecified atom stereocenters. The predicted octanol–water partition coefficient (Wildman–Crippen LogP) is 3.97. The van der Waals surface area contributed by atoms with Crippen LogP contribution in [0.4, 0.5) is 0 Å². The summed E-state index contributed by atoms with van der Waals surface area (Å²) in [5, 5.41) is 12.3. The number of carbonyl (C=O) groups excluding carboxylic acids is 1. The van der Waals surface area contributed by atoms with Gasteiger partial charge in [-0.2, -0.15) is 5.26 Å². The molecule has 0 aromatic heterocycles. The molecule has 156 valence electrons. The van der Waals surface area contributed by atoms with E-state index in [4.69, 9.17) is 19.9 Å². The molecular formula is C26H18N2O4. The lowest BCUT2D eigenvalue weighted by molar-refractivity contribution is -0.178. The molecule has 0 amide bonds. The summed E-state index contributed by atoms with van der Waals surface area (Å²) in [4.78, 5) is 13.3. The fourth-order valence-corrected chi connectivity index (χ4v) is 5.45. The molecule has 0 saturated carbocycles. The van der Waals surface area contributed by atoms with E-state index in [1.165, 1.54) is 0 Å². The molecule has 6 nitrogen and oxygen atoms in total. The molecule has 6 heteroatoms. The maximum atomic E-state index is 13.3. The van der Waals surface area contributed by atoms with Crippen molar-refractivity contribution in [3.05, 3.63) is 100 Å². The van der Waals surface area contributed by atoms with Crippen molar-refractivity contribution in [2.45, 2.75) is 18.1 Å². The Morgan fingerprint density at radius 3 is 2.44 bits per heavy atom. The van der Waals surface area contributed by atoms with Crippen LogP contribution in [0.3, 0.4) is 0 Å². The van der Waals surface area contributed by atoms with Crippen molar-refractivity contribution >= 4 is 22.5 Å². The van der Waals surface area contributed by atoms with Gasteiger partial charge in [0, 0.05) is 11.1 Å². The van der Waals surface area contributed by atoms with E-state index in [-0.39, 0.29) is 23.6 Å².